The van der Waals surface area contributed by atoms with Crippen LogP contribution < -0.4 is 10.2 Å². The Morgan fingerprint density at radius 3 is 2.91 bits per heavy atom. The predicted molar refractivity (Wildman–Crippen MR) is 94.8 cm³/mol. The van der Waals surface area contributed by atoms with Gasteiger partial charge in [0.25, 0.3) is 0 Å². The molecule has 0 atom stereocenters. The third kappa shape index (κ3) is 3.98. The summed E-state index contributed by atoms with van der Waals surface area (Å²) in [6, 6.07) is 8.24. The summed E-state index contributed by atoms with van der Waals surface area (Å²) in [6.07, 6.45) is 1.63. The van der Waals surface area contributed by atoms with E-state index in [2.05, 4.69) is 41.7 Å². The number of carbonyl (C=O) groups is 1. The quantitative estimate of drug-likeness (QED) is 0.879. The Kier molecular flexibility index (Phi) is 5.08. The molecule has 2 aromatic rings. The van der Waals surface area contributed by atoms with Crippen molar-refractivity contribution in [3.8, 4) is 0 Å². The fraction of sp³-hybridized carbons (Fsp3) is 0.444. The van der Waals surface area contributed by atoms with Crippen LogP contribution in [0.5, 0.6) is 0 Å². The van der Waals surface area contributed by atoms with E-state index in [1.54, 1.807) is 11.3 Å². The second kappa shape index (κ2) is 7.23. The van der Waals surface area contributed by atoms with E-state index in [9.17, 15) is 4.79 Å². The highest BCUT2D eigenvalue weighted by molar-refractivity contribution is 7.09. The summed E-state index contributed by atoms with van der Waals surface area (Å²) in [6.45, 7) is 6.73. The van der Waals surface area contributed by atoms with Gasteiger partial charge in [0, 0.05) is 43.0 Å². The number of rotatable bonds is 6. The van der Waals surface area contributed by atoms with Crippen molar-refractivity contribution in [2.45, 2.75) is 45.7 Å². The van der Waals surface area contributed by atoms with Gasteiger partial charge < -0.3 is 10.2 Å². The average molecular weight is 329 g/mol. The standard InChI is InChI=1S/C18H23N3OS/c1-13(2)18-20-15(12-23-18)11-19-10-14-5-3-6-16(9-14)21-8-4-7-17(21)22/h3,5-6,9,12-13,19H,4,7-8,10-11H2,1-2H3. The van der Waals surface area contributed by atoms with Gasteiger partial charge in [-0.05, 0) is 24.1 Å². The summed E-state index contributed by atoms with van der Waals surface area (Å²) >= 11 is 1.73. The monoisotopic (exact) mass is 329 g/mol. The minimum atomic E-state index is 0.235. The van der Waals surface area contributed by atoms with Crippen molar-refractivity contribution in [2.75, 3.05) is 11.4 Å². The number of nitrogens with one attached hydrogen (secondary N) is 1. The molecule has 4 nitrogen and oxygen atoms in total. The number of hydrogen-bond donors (Lipinski definition) is 1. The number of thiazole rings is 1. The van der Waals surface area contributed by atoms with Crippen molar-refractivity contribution >= 4 is 22.9 Å². The van der Waals surface area contributed by atoms with Crippen LogP contribution in [0.2, 0.25) is 0 Å². The molecule has 0 spiro atoms. The molecule has 0 bridgehead atoms. The normalized spacial score (nSPS) is 14.9. The Bertz CT molecular complexity index is 680. The molecule has 0 radical (unpaired) electrons. The second-order valence-corrected chi connectivity index (χ2v) is 7.14. The summed E-state index contributed by atoms with van der Waals surface area (Å²) in [7, 11) is 0. The van der Waals surface area contributed by atoms with Crippen LogP contribution in [-0.4, -0.2) is 17.4 Å². The van der Waals surface area contributed by atoms with Crippen LogP contribution >= 0.6 is 11.3 Å². The number of anilines is 1. The highest BCUT2D eigenvalue weighted by Crippen LogP contribution is 2.22. The van der Waals surface area contributed by atoms with Crippen molar-refractivity contribution in [2.24, 2.45) is 0 Å². The number of amides is 1. The van der Waals surface area contributed by atoms with Crippen LogP contribution in [0, 0.1) is 0 Å². The fourth-order valence-corrected chi connectivity index (χ4v) is 3.59. The van der Waals surface area contributed by atoms with E-state index in [-0.39, 0.29) is 5.91 Å². The van der Waals surface area contributed by atoms with Crippen LogP contribution in [0.3, 0.4) is 0 Å². The highest BCUT2D eigenvalue weighted by atomic mass is 32.1. The summed E-state index contributed by atoms with van der Waals surface area (Å²) in [5.74, 6) is 0.724. The molecule has 5 heteroatoms. The minimum absolute atomic E-state index is 0.235. The molecule has 1 aliphatic heterocycles. The maximum absolute atomic E-state index is 11.8. The SMILES string of the molecule is CC(C)c1nc(CNCc2cccc(N3CCCC3=O)c2)cs1. The average Bonchev–Trinajstić information content (AvgIpc) is 3.17. The molecule has 1 saturated heterocycles. The van der Waals surface area contributed by atoms with Gasteiger partial charge in [0.05, 0.1) is 10.7 Å². The van der Waals surface area contributed by atoms with Crippen molar-refractivity contribution in [3.63, 3.8) is 0 Å². The first-order chi connectivity index (χ1) is 11.1. The molecule has 1 amide bonds. The van der Waals surface area contributed by atoms with Gasteiger partial charge in [-0.15, -0.1) is 11.3 Å². The van der Waals surface area contributed by atoms with E-state index in [0.717, 1.165) is 37.4 Å². The number of benzene rings is 1. The maximum atomic E-state index is 11.8. The van der Waals surface area contributed by atoms with E-state index >= 15 is 0 Å². The Morgan fingerprint density at radius 2 is 2.22 bits per heavy atom. The van der Waals surface area contributed by atoms with E-state index in [0.29, 0.717) is 12.3 Å². The number of nitrogens with zero attached hydrogens (tertiary/aromatic N) is 2. The zero-order chi connectivity index (χ0) is 16.2. The van der Waals surface area contributed by atoms with Crippen molar-refractivity contribution < 1.29 is 4.79 Å². The van der Waals surface area contributed by atoms with Gasteiger partial charge >= 0.3 is 0 Å². The molecule has 1 N–H and O–H groups in total. The molecule has 1 aromatic heterocycles. The van der Waals surface area contributed by atoms with Gasteiger partial charge in [0.2, 0.25) is 5.91 Å². The Morgan fingerprint density at radius 1 is 1.35 bits per heavy atom. The van der Waals surface area contributed by atoms with Gasteiger partial charge in [0.15, 0.2) is 0 Å². The first-order valence-corrected chi connectivity index (χ1v) is 9.06. The number of hydrogen-bond acceptors (Lipinski definition) is 4. The maximum Gasteiger partial charge on any atom is 0.227 e. The zero-order valence-electron chi connectivity index (χ0n) is 13.7. The zero-order valence-corrected chi connectivity index (χ0v) is 14.5. The Balaban J connectivity index is 1.56. The van der Waals surface area contributed by atoms with Crippen molar-refractivity contribution in [1.29, 1.82) is 0 Å². The Hall–Kier alpha value is -1.72. The van der Waals surface area contributed by atoms with E-state index in [4.69, 9.17) is 0 Å². The smallest absolute Gasteiger partial charge is 0.227 e. The molecule has 122 valence electrons. The van der Waals surface area contributed by atoms with Crippen LogP contribution in [-0.2, 0) is 17.9 Å². The first kappa shape index (κ1) is 16.1. The number of carbonyl (C=O) groups excluding carboxylic acids is 1. The summed E-state index contributed by atoms with van der Waals surface area (Å²) in [5.41, 5.74) is 3.31. The second-order valence-electron chi connectivity index (χ2n) is 6.25. The van der Waals surface area contributed by atoms with Crippen LogP contribution in [0.15, 0.2) is 29.6 Å². The lowest BCUT2D eigenvalue weighted by atomic mass is 10.2. The lowest BCUT2D eigenvalue weighted by Gasteiger charge is -2.16. The van der Waals surface area contributed by atoms with Gasteiger partial charge in [-0.2, -0.15) is 0 Å². The van der Waals surface area contributed by atoms with Crippen LogP contribution in [0.1, 0.15) is 48.9 Å². The first-order valence-electron chi connectivity index (χ1n) is 8.18. The molecule has 0 unspecified atom stereocenters. The Labute approximate surface area is 141 Å². The predicted octanol–water partition coefficient (Wildman–Crippen LogP) is 3.68. The van der Waals surface area contributed by atoms with Gasteiger partial charge in [-0.3, -0.25) is 4.79 Å². The molecule has 23 heavy (non-hydrogen) atoms. The molecule has 1 aliphatic rings. The van der Waals surface area contributed by atoms with E-state index in [1.807, 2.05) is 17.0 Å². The topological polar surface area (TPSA) is 45.2 Å². The highest BCUT2D eigenvalue weighted by Gasteiger charge is 2.21. The van der Waals surface area contributed by atoms with Crippen molar-refractivity contribution in [3.05, 3.63) is 45.9 Å². The molecular weight excluding hydrogens is 306 g/mol. The molecule has 0 saturated carbocycles. The molecule has 0 aliphatic carbocycles. The van der Waals surface area contributed by atoms with E-state index in [1.165, 1.54) is 10.6 Å². The lowest BCUT2D eigenvalue weighted by Crippen LogP contribution is -2.23. The molecule has 1 fully saturated rings. The fourth-order valence-electron chi connectivity index (χ4n) is 2.76. The lowest BCUT2D eigenvalue weighted by molar-refractivity contribution is -0.117. The van der Waals surface area contributed by atoms with Gasteiger partial charge in [0.1, 0.15) is 0 Å². The van der Waals surface area contributed by atoms with Gasteiger partial charge in [-0.25, -0.2) is 4.98 Å². The van der Waals surface area contributed by atoms with Crippen LogP contribution in [0.25, 0.3) is 0 Å². The van der Waals surface area contributed by atoms with Crippen molar-refractivity contribution in [1.82, 2.24) is 10.3 Å². The molecular formula is C18H23N3OS. The van der Waals surface area contributed by atoms with Gasteiger partial charge in [-0.1, -0.05) is 26.0 Å². The molecule has 1 aromatic carbocycles. The third-order valence-corrected chi connectivity index (χ3v) is 5.19. The molecule has 2 heterocycles. The van der Waals surface area contributed by atoms with E-state index < -0.39 is 0 Å². The summed E-state index contributed by atoms with van der Waals surface area (Å²) in [5, 5.41) is 6.76. The summed E-state index contributed by atoms with van der Waals surface area (Å²) in [4.78, 5) is 18.4. The largest absolute Gasteiger partial charge is 0.312 e. The molecule has 3 rings (SSSR count). The minimum Gasteiger partial charge on any atom is -0.312 e. The van der Waals surface area contributed by atoms with Crippen LogP contribution in [0.4, 0.5) is 5.69 Å². The summed E-state index contributed by atoms with van der Waals surface area (Å²) < 4.78 is 0. The number of aromatic nitrogens is 1. The third-order valence-electron chi connectivity index (χ3n) is 3.99.